The molecule has 2 aromatic carbocycles. The highest BCUT2D eigenvalue weighted by atomic mass is 16.3. The van der Waals surface area contributed by atoms with Crippen molar-refractivity contribution in [2.45, 2.75) is 20.5 Å². The van der Waals surface area contributed by atoms with Crippen LogP contribution in [0.5, 0.6) is 0 Å². The normalized spacial score (nSPS) is 10.2. The van der Waals surface area contributed by atoms with Crippen molar-refractivity contribution in [3.05, 3.63) is 59.2 Å². The zero-order valence-electron chi connectivity index (χ0n) is 12.3. The molecule has 0 bridgehead atoms. The minimum absolute atomic E-state index is 0.00972. The molecule has 110 valence electrons. The van der Waals surface area contributed by atoms with Gasteiger partial charge in [0.2, 0.25) is 5.91 Å². The van der Waals surface area contributed by atoms with E-state index in [-0.39, 0.29) is 19.1 Å². The first-order chi connectivity index (χ1) is 10.1. The van der Waals surface area contributed by atoms with Crippen molar-refractivity contribution in [3.8, 4) is 0 Å². The van der Waals surface area contributed by atoms with Crippen molar-refractivity contribution in [1.82, 2.24) is 0 Å². The lowest BCUT2D eigenvalue weighted by Crippen LogP contribution is -2.22. The highest BCUT2D eigenvalue weighted by Gasteiger charge is 2.05. The maximum absolute atomic E-state index is 12.0. The van der Waals surface area contributed by atoms with Gasteiger partial charge >= 0.3 is 0 Å². The van der Waals surface area contributed by atoms with Crippen molar-refractivity contribution < 1.29 is 9.90 Å². The van der Waals surface area contributed by atoms with Crippen LogP contribution < -0.4 is 10.6 Å². The minimum Gasteiger partial charge on any atom is -0.392 e. The maximum Gasteiger partial charge on any atom is 0.243 e. The molecule has 2 rings (SSSR count). The van der Waals surface area contributed by atoms with Crippen LogP contribution in [0.3, 0.4) is 0 Å². The molecule has 0 radical (unpaired) electrons. The van der Waals surface area contributed by atoms with Gasteiger partial charge in [-0.15, -0.1) is 0 Å². The van der Waals surface area contributed by atoms with Gasteiger partial charge in [-0.05, 0) is 48.7 Å². The van der Waals surface area contributed by atoms with Gasteiger partial charge in [0.1, 0.15) is 0 Å². The quantitative estimate of drug-likeness (QED) is 0.791. The van der Waals surface area contributed by atoms with Gasteiger partial charge in [-0.3, -0.25) is 4.79 Å². The zero-order chi connectivity index (χ0) is 15.2. The summed E-state index contributed by atoms with van der Waals surface area (Å²) in [7, 11) is 0. The zero-order valence-corrected chi connectivity index (χ0v) is 12.3. The summed E-state index contributed by atoms with van der Waals surface area (Å²) in [6.07, 6.45) is 0. The lowest BCUT2D eigenvalue weighted by molar-refractivity contribution is -0.114. The van der Waals surface area contributed by atoms with E-state index in [1.165, 1.54) is 0 Å². The summed E-state index contributed by atoms with van der Waals surface area (Å²) in [6.45, 7) is 4.13. The van der Waals surface area contributed by atoms with Crippen LogP contribution >= 0.6 is 0 Å². The molecule has 4 nitrogen and oxygen atoms in total. The average molecular weight is 284 g/mol. The van der Waals surface area contributed by atoms with Gasteiger partial charge in [0, 0.05) is 11.4 Å². The molecule has 0 fully saturated rings. The third kappa shape index (κ3) is 4.33. The van der Waals surface area contributed by atoms with E-state index in [0.717, 1.165) is 28.1 Å². The van der Waals surface area contributed by atoms with Crippen LogP contribution in [0.1, 0.15) is 16.7 Å². The van der Waals surface area contributed by atoms with Gasteiger partial charge in [0.15, 0.2) is 0 Å². The Kier molecular flexibility index (Phi) is 4.95. The van der Waals surface area contributed by atoms with Crippen molar-refractivity contribution in [2.24, 2.45) is 0 Å². The Morgan fingerprint density at radius 1 is 1.14 bits per heavy atom. The van der Waals surface area contributed by atoms with E-state index in [4.69, 9.17) is 5.11 Å². The molecule has 0 aliphatic heterocycles. The van der Waals surface area contributed by atoms with Crippen LogP contribution in [0.15, 0.2) is 42.5 Å². The van der Waals surface area contributed by atoms with Crippen molar-refractivity contribution in [3.63, 3.8) is 0 Å². The molecule has 4 heteroatoms. The topological polar surface area (TPSA) is 61.4 Å². The fourth-order valence-electron chi connectivity index (χ4n) is 2.03. The molecule has 0 saturated heterocycles. The molecule has 0 aliphatic rings. The Morgan fingerprint density at radius 3 is 2.71 bits per heavy atom. The summed E-state index contributed by atoms with van der Waals surface area (Å²) in [5.41, 5.74) is 4.62. The highest BCUT2D eigenvalue weighted by molar-refractivity contribution is 5.94. The Bertz CT molecular complexity index is 638. The number of aliphatic hydroxyl groups excluding tert-OH is 1. The highest BCUT2D eigenvalue weighted by Crippen LogP contribution is 2.16. The number of carbonyl (C=O) groups is 1. The van der Waals surface area contributed by atoms with Crippen LogP contribution in [0.25, 0.3) is 0 Å². The molecular formula is C17H20N2O2. The summed E-state index contributed by atoms with van der Waals surface area (Å²) < 4.78 is 0. The van der Waals surface area contributed by atoms with Crippen LogP contribution in [-0.2, 0) is 11.4 Å². The summed E-state index contributed by atoms with van der Waals surface area (Å²) >= 11 is 0. The first kappa shape index (κ1) is 15.1. The molecule has 0 atom stereocenters. The predicted molar refractivity (Wildman–Crippen MR) is 85.4 cm³/mol. The van der Waals surface area contributed by atoms with E-state index in [9.17, 15) is 4.79 Å². The van der Waals surface area contributed by atoms with Gasteiger partial charge in [0.25, 0.3) is 0 Å². The summed E-state index contributed by atoms with van der Waals surface area (Å²) in [5, 5.41) is 15.0. The fraction of sp³-hybridized carbons (Fsp3) is 0.235. The smallest absolute Gasteiger partial charge is 0.243 e. The van der Waals surface area contributed by atoms with E-state index >= 15 is 0 Å². The third-order valence-corrected chi connectivity index (χ3v) is 3.23. The molecule has 0 aromatic heterocycles. The molecule has 0 spiro atoms. The molecule has 0 saturated carbocycles. The molecule has 0 unspecified atom stereocenters. The minimum atomic E-state index is -0.0990. The molecule has 1 amide bonds. The van der Waals surface area contributed by atoms with Crippen molar-refractivity contribution in [2.75, 3.05) is 17.2 Å². The standard InChI is InChI=1S/C17H20N2O2/c1-12-6-7-13(2)16(8-12)19-17(21)10-18-15-5-3-4-14(9-15)11-20/h3-9,18,20H,10-11H2,1-2H3,(H,19,21). The summed E-state index contributed by atoms with van der Waals surface area (Å²) in [5.74, 6) is -0.0990. The second-order valence-corrected chi connectivity index (χ2v) is 5.08. The van der Waals surface area contributed by atoms with Crippen molar-refractivity contribution in [1.29, 1.82) is 0 Å². The first-order valence-corrected chi connectivity index (χ1v) is 6.89. The van der Waals surface area contributed by atoms with E-state index in [0.29, 0.717) is 0 Å². The third-order valence-electron chi connectivity index (χ3n) is 3.23. The molecule has 3 N–H and O–H groups in total. The lowest BCUT2D eigenvalue weighted by Gasteiger charge is -2.11. The summed E-state index contributed by atoms with van der Waals surface area (Å²) in [4.78, 5) is 12.0. The number of amides is 1. The lowest BCUT2D eigenvalue weighted by atomic mass is 10.1. The van der Waals surface area contributed by atoms with Crippen LogP contribution in [0.4, 0.5) is 11.4 Å². The summed E-state index contributed by atoms with van der Waals surface area (Å²) in [6, 6.07) is 13.3. The Hall–Kier alpha value is -2.33. The number of anilines is 2. The van der Waals surface area contributed by atoms with Crippen LogP contribution in [-0.4, -0.2) is 17.6 Å². The molecule has 2 aromatic rings. The molecule has 0 aliphatic carbocycles. The maximum atomic E-state index is 12.0. The number of hydrogen-bond acceptors (Lipinski definition) is 3. The van der Waals surface area contributed by atoms with Gasteiger partial charge < -0.3 is 15.7 Å². The Balaban J connectivity index is 1.94. The Labute approximate surface area is 124 Å². The number of aliphatic hydroxyl groups is 1. The number of rotatable bonds is 5. The number of hydrogen-bond donors (Lipinski definition) is 3. The average Bonchev–Trinajstić information content (AvgIpc) is 2.49. The van der Waals surface area contributed by atoms with Crippen LogP contribution in [0, 0.1) is 13.8 Å². The van der Waals surface area contributed by atoms with E-state index < -0.39 is 0 Å². The van der Waals surface area contributed by atoms with Gasteiger partial charge in [0.05, 0.1) is 13.2 Å². The molecule has 21 heavy (non-hydrogen) atoms. The number of aryl methyl sites for hydroxylation is 2. The van der Waals surface area contributed by atoms with Crippen molar-refractivity contribution >= 4 is 17.3 Å². The SMILES string of the molecule is Cc1ccc(C)c(NC(=O)CNc2cccc(CO)c2)c1. The second-order valence-electron chi connectivity index (χ2n) is 5.08. The number of nitrogens with one attached hydrogen (secondary N) is 2. The Morgan fingerprint density at radius 2 is 1.95 bits per heavy atom. The number of carbonyl (C=O) groups excluding carboxylic acids is 1. The van der Waals surface area contributed by atoms with Gasteiger partial charge in [-0.25, -0.2) is 0 Å². The predicted octanol–water partition coefficient (Wildman–Crippen LogP) is 2.85. The molecule has 0 heterocycles. The van der Waals surface area contributed by atoms with E-state index in [1.807, 2.05) is 56.3 Å². The van der Waals surface area contributed by atoms with Gasteiger partial charge in [-0.2, -0.15) is 0 Å². The fourth-order valence-corrected chi connectivity index (χ4v) is 2.03. The van der Waals surface area contributed by atoms with Crippen LogP contribution in [0.2, 0.25) is 0 Å². The number of benzene rings is 2. The second kappa shape index (κ2) is 6.90. The van der Waals surface area contributed by atoms with Gasteiger partial charge in [-0.1, -0.05) is 24.3 Å². The largest absolute Gasteiger partial charge is 0.392 e. The van der Waals surface area contributed by atoms with E-state index in [2.05, 4.69) is 10.6 Å². The van der Waals surface area contributed by atoms with E-state index in [1.54, 1.807) is 0 Å². The first-order valence-electron chi connectivity index (χ1n) is 6.89. The molecular weight excluding hydrogens is 264 g/mol. The monoisotopic (exact) mass is 284 g/mol.